The summed E-state index contributed by atoms with van der Waals surface area (Å²) in [7, 11) is 0. The number of nitrogens with one attached hydrogen (secondary N) is 1. The molecule has 1 aliphatic carbocycles. The molecule has 0 radical (unpaired) electrons. The molecule has 20 heavy (non-hydrogen) atoms. The fraction of sp³-hybridized carbons (Fsp3) is 0.714. The van der Waals surface area contributed by atoms with Gasteiger partial charge in [-0.1, -0.05) is 19.9 Å². The Hall–Kier alpha value is -1.40. The summed E-state index contributed by atoms with van der Waals surface area (Å²) in [6.45, 7) is 9.65. The third-order valence-electron chi connectivity index (χ3n) is 4.24. The van der Waals surface area contributed by atoms with Crippen LogP contribution in [-0.2, 0) is 14.3 Å². The maximum atomic E-state index is 12.3. The average molecular weight is 284 g/mol. The molecule has 6 nitrogen and oxygen atoms in total. The Bertz CT molecular complexity index is 408. The number of carboxylic acid groups (broad SMARTS) is 1. The van der Waals surface area contributed by atoms with E-state index in [1.54, 1.807) is 0 Å². The predicted octanol–water partition coefficient (Wildman–Crippen LogP) is 0.664. The van der Waals surface area contributed by atoms with Crippen molar-refractivity contribution in [1.82, 2.24) is 5.32 Å². The van der Waals surface area contributed by atoms with E-state index in [0.717, 1.165) is 0 Å². The molecule has 0 heterocycles. The second-order valence-corrected chi connectivity index (χ2v) is 5.73. The zero-order valence-electron chi connectivity index (χ0n) is 12.3. The largest absolute Gasteiger partial charge is 0.480 e. The maximum Gasteiger partial charge on any atom is 0.326 e. The minimum atomic E-state index is -1.11. The molecule has 0 aromatic rings. The smallest absolute Gasteiger partial charge is 0.326 e. The van der Waals surface area contributed by atoms with Crippen molar-refractivity contribution in [2.45, 2.75) is 51.3 Å². The van der Waals surface area contributed by atoms with E-state index in [2.05, 4.69) is 11.9 Å². The fourth-order valence-electron chi connectivity index (χ4n) is 2.50. The molecule has 0 aliphatic heterocycles. The monoisotopic (exact) mass is 284 g/mol. The van der Waals surface area contributed by atoms with E-state index < -0.39 is 28.9 Å². The van der Waals surface area contributed by atoms with E-state index in [1.807, 2.05) is 20.8 Å². The Balaban J connectivity index is 2.77. The van der Waals surface area contributed by atoms with Crippen molar-refractivity contribution >= 4 is 11.9 Å². The van der Waals surface area contributed by atoms with Crippen LogP contribution in [0.5, 0.6) is 0 Å². The SMILES string of the molecule is C=CCC(NC(=O)C1(N)CC(OCC)C1(C)C)C(=O)O. The number of carbonyl (C=O) groups excluding carboxylic acids is 1. The normalized spacial score (nSPS) is 29.1. The van der Waals surface area contributed by atoms with Gasteiger partial charge in [0, 0.05) is 18.4 Å². The van der Waals surface area contributed by atoms with Gasteiger partial charge in [0.25, 0.3) is 0 Å². The van der Waals surface area contributed by atoms with Crippen LogP contribution in [0, 0.1) is 5.41 Å². The van der Waals surface area contributed by atoms with Gasteiger partial charge < -0.3 is 20.9 Å². The molecule has 4 N–H and O–H groups in total. The molecular weight excluding hydrogens is 260 g/mol. The topological polar surface area (TPSA) is 102 Å². The molecule has 6 heteroatoms. The van der Waals surface area contributed by atoms with Crippen LogP contribution in [0.15, 0.2) is 12.7 Å². The van der Waals surface area contributed by atoms with Gasteiger partial charge in [0.2, 0.25) is 5.91 Å². The molecule has 0 aromatic carbocycles. The lowest BCUT2D eigenvalue weighted by Crippen LogP contribution is -2.76. The molecule has 3 unspecified atom stereocenters. The van der Waals surface area contributed by atoms with Gasteiger partial charge in [0.1, 0.15) is 11.6 Å². The molecule has 114 valence electrons. The molecule has 1 amide bonds. The summed E-state index contributed by atoms with van der Waals surface area (Å²) in [5, 5.41) is 11.5. The Morgan fingerprint density at radius 1 is 1.60 bits per heavy atom. The highest BCUT2D eigenvalue weighted by Gasteiger charge is 2.63. The van der Waals surface area contributed by atoms with Crippen LogP contribution in [-0.4, -0.2) is 41.3 Å². The van der Waals surface area contributed by atoms with Gasteiger partial charge in [-0.2, -0.15) is 0 Å². The van der Waals surface area contributed by atoms with E-state index in [1.165, 1.54) is 6.08 Å². The van der Waals surface area contributed by atoms with Crippen molar-refractivity contribution < 1.29 is 19.4 Å². The second-order valence-electron chi connectivity index (χ2n) is 5.73. The third-order valence-corrected chi connectivity index (χ3v) is 4.24. The van der Waals surface area contributed by atoms with Gasteiger partial charge in [-0.15, -0.1) is 6.58 Å². The Morgan fingerprint density at radius 2 is 2.20 bits per heavy atom. The summed E-state index contributed by atoms with van der Waals surface area (Å²) in [5.41, 5.74) is 4.53. The number of ether oxygens (including phenoxy) is 1. The summed E-state index contributed by atoms with van der Waals surface area (Å²) in [6, 6.07) is -0.998. The van der Waals surface area contributed by atoms with E-state index in [0.29, 0.717) is 13.0 Å². The lowest BCUT2D eigenvalue weighted by molar-refractivity contribution is -0.172. The molecule has 3 atom stereocenters. The first-order valence-corrected chi connectivity index (χ1v) is 6.75. The lowest BCUT2D eigenvalue weighted by atomic mass is 9.54. The number of amides is 1. The molecule has 1 saturated carbocycles. The van der Waals surface area contributed by atoms with Crippen molar-refractivity contribution in [3.63, 3.8) is 0 Å². The van der Waals surface area contributed by atoms with Crippen LogP contribution in [0.4, 0.5) is 0 Å². The van der Waals surface area contributed by atoms with Crippen LogP contribution in [0.1, 0.15) is 33.6 Å². The number of carbonyl (C=O) groups is 2. The molecule has 1 fully saturated rings. The van der Waals surface area contributed by atoms with Gasteiger partial charge >= 0.3 is 5.97 Å². The number of hydrogen-bond acceptors (Lipinski definition) is 4. The number of hydrogen-bond donors (Lipinski definition) is 3. The second kappa shape index (κ2) is 5.93. The quantitative estimate of drug-likeness (QED) is 0.596. The molecule has 1 aliphatic rings. The molecule has 0 saturated heterocycles. The van der Waals surface area contributed by atoms with Gasteiger partial charge in [-0.3, -0.25) is 4.79 Å². The Labute approximate surface area is 119 Å². The van der Waals surface area contributed by atoms with Crippen LogP contribution in [0.2, 0.25) is 0 Å². The van der Waals surface area contributed by atoms with Gasteiger partial charge in [0.15, 0.2) is 0 Å². The summed E-state index contributed by atoms with van der Waals surface area (Å²) >= 11 is 0. The minimum Gasteiger partial charge on any atom is -0.480 e. The molecule has 0 aromatic heterocycles. The Kier molecular flexibility index (Phi) is 4.94. The van der Waals surface area contributed by atoms with E-state index in [9.17, 15) is 9.59 Å². The molecular formula is C14H24N2O4. The average Bonchev–Trinajstić information content (AvgIpc) is 2.37. The Morgan fingerprint density at radius 3 is 2.60 bits per heavy atom. The molecule has 1 rings (SSSR count). The van der Waals surface area contributed by atoms with Gasteiger partial charge in [0.05, 0.1) is 6.10 Å². The lowest BCUT2D eigenvalue weighted by Gasteiger charge is -2.57. The highest BCUT2D eigenvalue weighted by atomic mass is 16.5. The molecule has 0 bridgehead atoms. The highest BCUT2D eigenvalue weighted by Crippen LogP contribution is 2.49. The number of carboxylic acids is 1. The van der Waals surface area contributed by atoms with Crippen molar-refractivity contribution in [3.05, 3.63) is 12.7 Å². The zero-order chi connectivity index (χ0) is 15.6. The fourth-order valence-corrected chi connectivity index (χ4v) is 2.50. The van der Waals surface area contributed by atoms with Crippen LogP contribution in [0.3, 0.4) is 0 Å². The van der Waals surface area contributed by atoms with E-state index in [-0.39, 0.29) is 12.5 Å². The summed E-state index contributed by atoms with van der Waals surface area (Å²) in [5.74, 6) is -1.55. The first-order chi connectivity index (χ1) is 9.20. The summed E-state index contributed by atoms with van der Waals surface area (Å²) in [4.78, 5) is 23.4. The molecule has 0 spiro atoms. The first kappa shape index (κ1) is 16.7. The summed E-state index contributed by atoms with van der Waals surface area (Å²) < 4.78 is 5.55. The van der Waals surface area contributed by atoms with Crippen molar-refractivity contribution in [1.29, 1.82) is 0 Å². The third kappa shape index (κ3) is 2.71. The summed E-state index contributed by atoms with van der Waals surface area (Å²) in [6.07, 6.45) is 1.91. The number of rotatable bonds is 7. The van der Waals surface area contributed by atoms with Gasteiger partial charge in [-0.05, 0) is 13.3 Å². The first-order valence-electron chi connectivity index (χ1n) is 6.75. The predicted molar refractivity (Wildman–Crippen MR) is 75.1 cm³/mol. The van der Waals surface area contributed by atoms with Crippen LogP contribution >= 0.6 is 0 Å². The number of aliphatic carboxylic acids is 1. The van der Waals surface area contributed by atoms with Gasteiger partial charge in [-0.25, -0.2) is 4.79 Å². The van der Waals surface area contributed by atoms with E-state index in [4.69, 9.17) is 15.6 Å². The number of nitrogens with two attached hydrogens (primary N) is 1. The van der Waals surface area contributed by atoms with Crippen LogP contribution < -0.4 is 11.1 Å². The van der Waals surface area contributed by atoms with E-state index >= 15 is 0 Å². The highest BCUT2D eigenvalue weighted by molar-refractivity contribution is 5.92. The van der Waals surface area contributed by atoms with Crippen molar-refractivity contribution in [2.75, 3.05) is 6.61 Å². The maximum absolute atomic E-state index is 12.3. The van der Waals surface area contributed by atoms with Crippen molar-refractivity contribution in [2.24, 2.45) is 11.1 Å². The zero-order valence-corrected chi connectivity index (χ0v) is 12.3. The standard InChI is InChI=1S/C14H24N2O4/c1-5-7-9(11(17)18)16-12(19)14(15)8-10(20-6-2)13(14,3)4/h5,9-10H,1,6-8,15H2,2-4H3,(H,16,19)(H,17,18). The van der Waals surface area contributed by atoms with Crippen LogP contribution in [0.25, 0.3) is 0 Å². The minimum absolute atomic E-state index is 0.0917. The van der Waals surface area contributed by atoms with Crippen molar-refractivity contribution in [3.8, 4) is 0 Å².